The highest BCUT2D eigenvalue weighted by Crippen LogP contribution is 2.39. The summed E-state index contributed by atoms with van der Waals surface area (Å²) in [6.07, 6.45) is 3.14. The minimum absolute atomic E-state index is 0.115. The molecule has 0 aromatic heterocycles. The number of hydrogen-bond acceptors (Lipinski definition) is 3. The number of ether oxygens (including phenoxy) is 2. The molecular formula is C28H23F5O3. The predicted molar refractivity (Wildman–Crippen MR) is 125 cm³/mol. The highest BCUT2D eigenvalue weighted by molar-refractivity contribution is 5.91. The van der Waals surface area contributed by atoms with Gasteiger partial charge in [0, 0.05) is 11.6 Å². The smallest absolute Gasteiger partial charge is 0.346 e. The van der Waals surface area contributed by atoms with Crippen molar-refractivity contribution in [3.05, 3.63) is 99.9 Å². The quantitative estimate of drug-likeness (QED) is 0.197. The largest absolute Gasteiger partial charge is 0.491 e. The van der Waals surface area contributed by atoms with E-state index in [1.165, 1.54) is 19.1 Å². The van der Waals surface area contributed by atoms with Gasteiger partial charge in [0.2, 0.25) is 5.82 Å². The molecule has 0 fully saturated rings. The van der Waals surface area contributed by atoms with Gasteiger partial charge in [-0.25, -0.2) is 22.4 Å². The van der Waals surface area contributed by atoms with Crippen LogP contribution in [0.1, 0.15) is 59.2 Å². The second-order valence-corrected chi connectivity index (χ2v) is 8.50. The fraction of sp³-hybridized carbons (Fsp3) is 0.250. The summed E-state index contributed by atoms with van der Waals surface area (Å²) in [5.41, 5.74) is 0.855. The average Bonchev–Trinajstić information content (AvgIpc) is 2.86. The Bertz CT molecular complexity index is 1350. The van der Waals surface area contributed by atoms with Crippen LogP contribution in [-0.4, -0.2) is 12.6 Å². The Labute approximate surface area is 205 Å². The SMILES string of the molecule is CCOc1ccc(C(=O)Oc2ccc(C3=CCC(c4ccc(C)c(F)c4F)CC3)c(F)c2)c(F)c1F. The first-order chi connectivity index (χ1) is 17.2. The van der Waals surface area contributed by atoms with E-state index in [-0.39, 0.29) is 35.2 Å². The van der Waals surface area contributed by atoms with Crippen molar-refractivity contribution < 1.29 is 36.2 Å². The van der Waals surface area contributed by atoms with Gasteiger partial charge in [-0.2, -0.15) is 4.39 Å². The molecule has 3 aromatic carbocycles. The van der Waals surface area contributed by atoms with Gasteiger partial charge in [-0.15, -0.1) is 0 Å². The van der Waals surface area contributed by atoms with Crippen molar-refractivity contribution in [2.45, 2.75) is 39.0 Å². The first kappa shape index (κ1) is 25.4. The monoisotopic (exact) mass is 502 g/mol. The maximum absolute atomic E-state index is 14.9. The number of esters is 1. The summed E-state index contributed by atoms with van der Waals surface area (Å²) < 4.78 is 81.5. The molecule has 188 valence electrons. The highest BCUT2D eigenvalue weighted by Gasteiger charge is 2.24. The molecule has 0 amide bonds. The van der Waals surface area contributed by atoms with Crippen LogP contribution in [0.3, 0.4) is 0 Å². The summed E-state index contributed by atoms with van der Waals surface area (Å²) in [5, 5.41) is 0. The lowest BCUT2D eigenvalue weighted by molar-refractivity contribution is 0.0728. The van der Waals surface area contributed by atoms with Crippen LogP contribution in [0.25, 0.3) is 5.57 Å². The molecule has 0 aliphatic heterocycles. The van der Waals surface area contributed by atoms with Crippen LogP contribution >= 0.6 is 0 Å². The molecule has 0 saturated heterocycles. The van der Waals surface area contributed by atoms with Gasteiger partial charge in [-0.05, 0) is 80.0 Å². The molecule has 0 saturated carbocycles. The molecule has 0 N–H and O–H groups in total. The normalized spacial score (nSPS) is 15.4. The lowest BCUT2D eigenvalue weighted by atomic mass is 9.82. The molecule has 1 atom stereocenters. The Morgan fingerprint density at radius 1 is 0.944 bits per heavy atom. The van der Waals surface area contributed by atoms with E-state index in [0.717, 1.165) is 18.2 Å². The van der Waals surface area contributed by atoms with Crippen LogP contribution in [-0.2, 0) is 0 Å². The molecule has 0 spiro atoms. The van der Waals surface area contributed by atoms with Crippen molar-refractivity contribution in [3.8, 4) is 11.5 Å². The topological polar surface area (TPSA) is 35.5 Å². The van der Waals surface area contributed by atoms with Gasteiger partial charge in [0.1, 0.15) is 11.6 Å². The lowest BCUT2D eigenvalue weighted by Crippen LogP contribution is -2.13. The summed E-state index contributed by atoms with van der Waals surface area (Å²) in [5.74, 6) is -7.04. The molecule has 0 bridgehead atoms. The van der Waals surface area contributed by atoms with Crippen molar-refractivity contribution in [3.63, 3.8) is 0 Å². The number of rotatable bonds is 6. The second kappa shape index (κ2) is 10.5. The molecule has 3 nitrogen and oxygen atoms in total. The van der Waals surface area contributed by atoms with Gasteiger partial charge in [-0.1, -0.05) is 18.2 Å². The number of aryl methyl sites for hydroxylation is 1. The molecule has 0 radical (unpaired) electrons. The summed E-state index contributed by atoms with van der Waals surface area (Å²) in [6, 6.07) is 9.02. The van der Waals surface area contributed by atoms with E-state index in [9.17, 15) is 26.7 Å². The fourth-order valence-corrected chi connectivity index (χ4v) is 4.28. The molecule has 4 rings (SSSR count). The van der Waals surface area contributed by atoms with Crippen molar-refractivity contribution in [1.29, 1.82) is 0 Å². The van der Waals surface area contributed by atoms with E-state index in [4.69, 9.17) is 9.47 Å². The maximum Gasteiger partial charge on any atom is 0.346 e. The van der Waals surface area contributed by atoms with E-state index in [1.807, 2.05) is 0 Å². The van der Waals surface area contributed by atoms with Crippen LogP contribution in [0.15, 0.2) is 48.5 Å². The first-order valence-corrected chi connectivity index (χ1v) is 11.5. The summed E-state index contributed by atoms with van der Waals surface area (Å²) in [7, 11) is 0. The van der Waals surface area contributed by atoms with Crippen LogP contribution in [0, 0.1) is 36.0 Å². The average molecular weight is 502 g/mol. The van der Waals surface area contributed by atoms with Gasteiger partial charge in [-0.3, -0.25) is 0 Å². The Balaban J connectivity index is 1.48. The molecule has 3 aromatic rings. The van der Waals surface area contributed by atoms with E-state index >= 15 is 0 Å². The minimum Gasteiger partial charge on any atom is -0.491 e. The van der Waals surface area contributed by atoms with E-state index in [2.05, 4.69) is 0 Å². The fourth-order valence-electron chi connectivity index (χ4n) is 4.28. The third-order valence-electron chi connectivity index (χ3n) is 6.22. The summed E-state index contributed by atoms with van der Waals surface area (Å²) >= 11 is 0. The number of carbonyl (C=O) groups is 1. The van der Waals surface area contributed by atoms with Gasteiger partial charge in [0.15, 0.2) is 23.2 Å². The predicted octanol–water partition coefficient (Wildman–Crippen LogP) is 7.66. The number of benzene rings is 3. The first-order valence-electron chi connectivity index (χ1n) is 11.5. The number of allylic oxidation sites excluding steroid dienone is 2. The maximum atomic E-state index is 14.9. The van der Waals surface area contributed by atoms with Crippen molar-refractivity contribution in [2.75, 3.05) is 6.61 Å². The molecule has 1 unspecified atom stereocenters. The second-order valence-electron chi connectivity index (χ2n) is 8.50. The van der Waals surface area contributed by atoms with Crippen molar-refractivity contribution >= 4 is 11.5 Å². The standard InChI is InChI=1S/C28H23F5O3/c1-3-35-23-13-12-21(26(32)27(23)33)28(34)36-18-9-11-19(22(29)14-18)16-5-7-17(8-6-16)20-10-4-15(2)24(30)25(20)31/h4-5,9-14,17H,3,6-8H2,1-2H3. The Morgan fingerprint density at radius 3 is 2.39 bits per heavy atom. The number of halogens is 5. The lowest BCUT2D eigenvalue weighted by Gasteiger charge is -2.23. The molecule has 0 heterocycles. The molecule has 1 aliphatic carbocycles. The van der Waals surface area contributed by atoms with Gasteiger partial charge in [0.05, 0.1) is 12.2 Å². The zero-order valence-electron chi connectivity index (χ0n) is 19.6. The Kier molecular flexibility index (Phi) is 7.43. The minimum atomic E-state index is -1.42. The number of carbonyl (C=O) groups excluding carboxylic acids is 1. The van der Waals surface area contributed by atoms with Crippen LogP contribution in [0.4, 0.5) is 22.0 Å². The molecular weight excluding hydrogens is 479 g/mol. The third-order valence-corrected chi connectivity index (χ3v) is 6.22. The van der Waals surface area contributed by atoms with E-state index < -0.39 is 40.6 Å². The summed E-state index contributed by atoms with van der Waals surface area (Å²) in [6.45, 7) is 3.21. The number of hydrogen-bond donors (Lipinski definition) is 0. The molecule has 1 aliphatic rings. The Hall–Kier alpha value is -3.68. The van der Waals surface area contributed by atoms with Crippen LogP contribution < -0.4 is 9.47 Å². The molecule has 36 heavy (non-hydrogen) atoms. The van der Waals surface area contributed by atoms with Crippen LogP contribution in [0.5, 0.6) is 11.5 Å². The summed E-state index contributed by atoms with van der Waals surface area (Å²) in [4.78, 5) is 12.3. The van der Waals surface area contributed by atoms with Crippen LogP contribution in [0.2, 0.25) is 0 Å². The zero-order valence-corrected chi connectivity index (χ0v) is 19.6. The van der Waals surface area contributed by atoms with E-state index in [1.54, 1.807) is 25.1 Å². The zero-order chi connectivity index (χ0) is 26.0. The van der Waals surface area contributed by atoms with E-state index in [0.29, 0.717) is 30.4 Å². The van der Waals surface area contributed by atoms with Gasteiger partial charge in [0.25, 0.3) is 0 Å². The van der Waals surface area contributed by atoms with Crippen molar-refractivity contribution in [2.24, 2.45) is 0 Å². The van der Waals surface area contributed by atoms with Crippen molar-refractivity contribution in [1.82, 2.24) is 0 Å². The Morgan fingerprint density at radius 2 is 1.72 bits per heavy atom. The molecule has 8 heteroatoms. The third kappa shape index (κ3) is 4.98. The van der Waals surface area contributed by atoms with Gasteiger partial charge < -0.3 is 9.47 Å². The van der Waals surface area contributed by atoms with Gasteiger partial charge >= 0.3 is 5.97 Å². The highest BCUT2D eigenvalue weighted by atomic mass is 19.2.